The maximum absolute atomic E-state index is 14.5. The van der Waals surface area contributed by atoms with Crippen LogP contribution in [0.1, 0.15) is 44.5 Å². The molecule has 2 aromatic carbocycles. The van der Waals surface area contributed by atoms with Crippen LogP contribution in [0.2, 0.25) is 0 Å². The molecular weight excluding hydrogens is 685 g/mol. The van der Waals surface area contributed by atoms with E-state index < -0.39 is 45.2 Å². The summed E-state index contributed by atoms with van der Waals surface area (Å²) in [6.45, 7) is 5.67. The molecule has 2 atom stereocenters. The topological polar surface area (TPSA) is 137 Å². The van der Waals surface area contributed by atoms with Gasteiger partial charge in [-0.2, -0.15) is 13.2 Å². The molecule has 0 bridgehead atoms. The minimum Gasteiger partial charge on any atom is -0.444 e. The van der Waals surface area contributed by atoms with Crippen LogP contribution in [-0.4, -0.2) is 72.7 Å². The summed E-state index contributed by atoms with van der Waals surface area (Å²) in [5.74, 6) is 0.130. The number of pyridine rings is 1. The van der Waals surface area contributed by atoms with Gasteiger partial charge in [0.2, 0.25) is 5.95 Å². The quantitative estimate of drug-likeness (QED) is 0.202. The van der Waals surface area contributed by atoms with E-state index in [2.05, 4.69) is 25.5 Å². The van der Waals surface area contributed by atoms with Gasteiger partial charge in [0.15, 0.2) is 5.65 Å². The number of hydrogen-bond acceptors (Lipinski definition) is 9. The van der Waals surface area contributed by atoms with Crippen molar-refractivity contribution in [2.75, 3.05) is 18.4 Å². The maximum Gasteiger partial charge on any atom is 0.419 e. The van der Waals surface area contributed by atoms with E-state index in [9.17, 15) is 26.4 Å². The van der Waals surface area contributed by atoms with Gasteiger partial charge in [0.25, 0.3) is 10.0 Å². The summed E-state index contributed by atoms with van der Waals surface area (Å²) >= 11 is 0. The highest BCUT2D eigenvalue weighted by molar-refractivity contribution is 7.90. The summed E-state index contributed by atoms with van der Waals surface area (Å²) in [4.78, 5) is 23.2. The van der Waals surface area contributed by atoms with Gasteiger partial charge < -0.3 is 15.0 Å². The third-order valence-corrected chi connectivity index (χ3v) is 10.2. The number of benzene rings is 2. The van der Waals surface area contributed by atoms with Gasteiger partial charge in [-0.05, 0) is 57.5 Å². The number of nitrogens with zero attached hydrogens (tertiary/aromatic N) is 7. The number of alkyl halides is 3. The SMILES string of the molecule is CC(C)(C)OC(=O)N1C[C@H](Nc2ncc(C(F)(F)F)c(-c3cn(S(=O)(=O)c4ccccc4)c4ccccc34)n2)C[C@H](c2nnc3ccccn23)C1. The monoisotopic (exact) mass is 718 g/mol. The van der Waals surface area contributed by atoms with E-state index >= 15 is 0 Å². The molecule has 1 aliphatic heterocycles. The molecule has 0 aliphatic carbocycles. The van der Waals surface area contributed by atoms with Gasteiger partial charge in [-0.25, -0.2) is 27.2 Å². The van der Waals surface area contributed by atoms with Gasteiger partial charge in [-0.15, -0.1) is 10.2 Å². The lowest BCUT2D eigenvalue weighted by Crippen LogP contribution is -2.50. The number of fused-ring (bicyclic) bond motifs is 2. The van der Waals surface area contributed by atoms with Crippen molar-refractivity contribution in [2.24, 2.45) is 0 Å². The number of anilines is 1. The Morgan fingerprint density at radius 3 is 2.41 bits per heavy atom. The van der Waals surface area contributed by atoms with E-state index in [4.69, 9.17) is 4.74 Å². The first-order chi connectivity index (χ1) is 24.2. The molecule has 0 unspecified atom stereocenters. The van der Waals surface area contributed by atoms with Gasteiger partial charge in [-0.3, -0.25) is 4.40 Å². The normalized spacial score (nSPS) is 17.2. The molecule has 6 aromatic rings. The predicted octanol–water partition coefficient (Wildman–Crippen LogP) is 6.60. The fourth-order valence-electron chi connectivity index (χ4n) is 6.29. The first-order valence-corrected chi connectivity index (χ1v) is 17.5. The Morgan fingerprint density at radius 2 is 1.67 bits per heavy atom. The van der Waals surface area contributed by atoms with Crippen LogP contribution in [0, 0.1) is 0 Å². The van der Waals surface area contributed by atoms with E-state index in [1.54, 1.807) is 63.2 Å². The van der Waals surface area contributed by atoms with Crippen molar-refractivity contribution in [2.45, 2.75) is 55.8 Å². The minimum atomic E-state index is -4.87. The van der Waals surface area contributed by atoms with Crippen molar-refractivity contribution in [3.8, 4) is 11.3 Å². The number of aromatic nitrogens is 6. The van der Waals surface area contributed by atoms with E-state index in [-0.39, 0.29) is 46.3 Å². The summed E-state index contributed by atoms with van der Waals surface area (Å²) in [5, 5.41) is 12.0. The van der Waals surface area contributed by atoms with Crippen LogP contribution in [0.15, 0.2) is 96.3 Å². The Bertz CT molecular complexity index is 2350. The van der Waals surface area contributed by atoms with Gasteiger partial charge in [0, 0.05) is 54.6 Å². The Labute approximate surface area is 291 Å². The van der Waals surface area contributed by atoms with Gasteiger partial charge in [0.1, 0.15) is 17.0 Å². The summed E-state index contributed by atoms with van der Waals surface area (Å²) < 4.78 is 79.5. The average Bonchev–Trinajstić information content (AvgIpc) is 3.70. The molecule has 0 radical (unpaired) electrons. The van der Waals surface area contributed by atoms with Crippen LogP contribution in [0.4, 0.5) is 23.9 Å². The number of likely N-dealkylation sites (tertiary alicyclic amines) is 1. The Morgan fingerprint density at radius 1 is 0.941 bits per heavy atom. The molecule has 51 heavy (non-hydrogen) atoms. The lowest BCUT2D eigenvalue weighted by Gasteiger charge is -2.38. The van der Waals surface area contributed by atoms with Crippen molar-refractivity contribution in [3.63, 3.8) is 0 Å². The van der Waals surface area contributed by atoms with Crippen LogP contribution in [0.3, 0.4) is 0 Å². The lowest BCUT2D eigenvalue weighted by atomic mass is 9.93. The third kappa shape index (κ3) is 6.70. The van der Waals surface area contributed by atoms with Crippen LogP contribution >= 0.6 is 0 Å². The summed E-state index contributed by atoms with van der Waals surface area (Å²) in [5.41, 5.74) is -1.66. The molecule has 0 spiro atoms. The molecule has 16 heteroatoms. The predicted molar refractivity (Wildman–Crippen MR) is 183 cm³/mol. The first-order valence-electron chi connectivity index (χ1n) is 16.1. The molecule has 5 heterocycles. The fraction of sp³-hybridized carbons (Fsp3) is 0.286. The molecular formula is C35H33F3N8O4S. The minimum absolute atomic E-state index is 0.0276. The zero-order chi connectivity index (χ0) is 36.1. The second-order valence-electron chi connectivity index (χ2n) is 13.3. The van der Waals surface area contributed by atoms with Crippen molar-refractivity contribution in [3.05, 3.63) is 103 Å². The van der Waals surface area contributed by atoms with Gasteiger partial charge >= 0.3 is 12.3 Å². The number of nitrogens with one attached hydrogen (secondary N) is 1. The summed E-state index contributed by atoms with van der Waals surface area (Å²) in [7, 11) is -4.19. The molecule has 1 aliphatic rings. The van der Waals surface area contributed by atoms with Crippen molar-refractivity contribution < 1.29 is 31.1 Å². The zero-order valence-electron chi connectivity index (χ0n) is 27.7. The number of carbonyl (C=O) groups excluding carboxylic acids is 1. The zero-order valence-corrected chi connectivity index (χ0v) is 28.6. The van der Waals surface area contributed by atoms with E-state index in [1.165, 1.54) is 23.1 Å². The number of carbonyl (C=O) groups is 1. The Kier molecular flexibility index (Phi) is 8.44. The van der Waals surface area contributed by atoms with Gasteiger partial charge in [-0.1, -0.05) is 42.5 Å². The number of hydrogen-bond donors (Lipinski definition) is 1. The molecule has 264 valence electrons. The molecule has 1 saturated heterocycles. The smallest absolute Gasteiger partial charge is 0.419 e. The second-order valence-corrected chi connectivity index (χ2v) is 15.1. The fourth-order valence-corrected chi connectivity index (χ4v) is 7.69. The van der Waals surface area contributed by atoms with Crippen LogP contribution in [0.5, 0.6) is 0 Å². The van der Waals surface area contributed by atoms with E-state index in [0.717, 1.165) is 10.2 Å². The molecule has 0 saturated carbocycles. The van der Waals surface area contributed by atoms with Crippen molar-refractivity contribution in [1.82, 2.24) is 33.4 Å². The van der Waals surface area contributed by atoms with Crippen LogP contribution < -0.4 is 5.32 Å². The largest absolute Gasteiger partial charge is 0.444 e. The first kappa shape index (κ1) is 34.0. The molecule has 1 N–H and O–H groups in total. The molecule has 1 amide bonds. The van der Waals surface area contributed by atoms with Crippen LogP contribution in [0.25, 0.3) is 27.8 Å². The molecule has 1 fully saturated rings. The van der Waals surface area contributed by atoms with E-state index in [1.807, 2.05) is 22.7 Å². The lowest BCUT2D eigenvalue weighted by molar-refractivity contribution is -0.137. The van der Waals surface area contributed by atoms with Crippen LogP contribution in [-0.2, 0) is 20.9 Å². The number of para-hydroxylation sites is 1. The summed E-state index contributed by atoms with van der Waals surface area (Å²) in [6, 6.07) is 18.8. The van der Waals surface area contributed by atoms with Gasteiger partial charge in [0.05, 0.1) is 16.1 Å². The number of piperidine rings is 1. The number of halogens is 3. The van der Waals surface area contributed by atoms with Crippen molar-refractivity contribution >= 4 is 38.6 Å². The second kappa shape index (κ2) is 12.7. The Hall–Kier alpha value is -5.51. The highest BCUT2D eigenvalue weighted by atomic mass is 32.2. The molecule has 12 nitrogen and oxygen atoms in total. The maximum atomic E-state index is 14.5. The summed E-state index contributed by atoms with van der Waals surface area (Å²) in [6.07, 6.45) is -1.36. The average molecular weight is 719 g/mol. The number of amides is 1. The highest BCUT2D eigenvalue weighted by Crippen LogP contribution is 2.40. The third-order valence-electron chi connectivity index (χ3n) is 8.47. The number of rotatable bonds is 6. The highest BCUT2D eigenvalue weighted by Gasteiger charge is 2.39. The standard InChI is InChI=1S/C35H33F3N8O4S/c1-34(2,3)50-33(47)44-19-22(31-43-42-29-15-9-10-16-45(29)31)17-23(20-44)40-32-39-18-27(35(36,37)38)30(41-32)26-21-46(28-14-8-7-13-25(26)28)51(48,49)24-11-5-4-6-12-24/h4-16,18,21-23H,17,19-20H2,1-3H3,(H,39,40,41)/t22-,23+/m0/s1. The van der Waals surface area contributed by atoms with E-state index in [0.29, 0.717) is 24.1 Å². The Balaban J connectivity index is 1.29. The molecule has 4 aromatic heterocycles. The van der Waals surface area contributed by atoms with Crippen molar-refractivity contribution in [1.29, 1.82) is 0 Å². The number of ether oxygens (including phenoxy) is 1. The molecule has 7 rings (SSSR count).